The van der Waals surface area contributed by atoms with E-state index >= 15 is 0 Å². The van der Waals surface area contributed by atoms with Gasteiger partial charge in [-0.2, -0.15) is 25.3 Å². The number of carbonyl (C=O) groups is 5. The maximum absolute atomic E-state index is 12.1. The Morgan fingerprint density at radius 3 is 2.00 bits per heavy atom. The first-order valence-corrected chi connectivity index (χ1v) is 6.51. The molecule has 4 atom stereocenters. The van der Waals surface area contributed by atoms with Gasteiger partial charge in [-0.15, -0.1) is 0 Å². The molecule has 2 fully saturated rings. The topological polar surface area (TPSA) is 106 Å². The van der Waals surface area contributed by atoms with Crippen LogP contribution in [-0.2, 0) is 24.0 Å². The summed E-state index contributed by atoms with van der Waals surface area (Å²) in [6, 6.07) is 0. The summed E-state index contributed by atoms with van der Waals surface area (Å²) in [4.78, 5) is 59.2. The van der Waals surface area contributed by atoms with Crippen molar-refractivity contribution in [1.82, 2.24) is 0 Å². The lowest BCUT2D eigenvalue weighted by molar-refractivity contribution is -0.165. The molecule has 102 valence electrons. The Kier molecular flexibility index (Phi) is 3.34. The lowest BCUT2D eigenvalue weighted by Crippen LogP contribution is -2.52. The number of ketones is 4. The van der Waals surface area contributed by atoms with E-state index in [-0.39, 0.29) is 12.8 Å². The molecule has 6 nitrogen and oxygen atoms in total. The minimum atomic E-state index is -2.60. The highest BCUT2D eigenvalue weighted by molar-refractivity contribution is 7.82. The standard InChI is InChI=1S/C11H10O6S2/c12-3-1-4(18)8(14)7(3)11(10(16)17)6(13)2-5(19)9(11)15/h4-5,7,18-19H,1-2H2,(H,16,17). The lowest BCUT2D eigenvalue weighted by Gasteiger charge is -2.25. The van der Waals surface area contributed by atoms with Crippen LogP contribution in [0.15, 0.2) is 0 Å². The van der Waals surface area contributed by atoms with Crippen molar-refractivity contribution in [2.75, 3.05) is 0 Å². The molecule has 1 N–H and O–H groups in total. The van der Waals surface area contributed by atoms with Crippen molar-refractivity contribution < 1.29 is 29.1 Å². The molecule has 19 heavy (non-hydrogen) atoms. The van der Waals surface area contributed by atoms with Crippen LogP contribution in [0.25, 0.3) is 0 Å². The third kappa shape index (κ3) is 1.69. The molecule has 2 aliphatic rings. The Morgan fingerprint density at radius 1 is 1.11 bits per heavy atom. The van der Waals surface area contributed by atoms with Gasteiger partial charge in [0.15, 0.2) is 17.3 Å². The summed E-state index contributed by atoms with van der Waals surface area (Å²) < 4.78 is 0. The number of carboxylic acids is 1. The number of hydrogen-bond acceptors (Lipinski definition) is 7. The number of thiol groups is 2. The summed E-state index contributed by atoms with van der Waals surface area (Å²) >= 11 is 7.73. The van der Waals surface area contributed by atoms with E-state index in [4.69, 9.17) is 0 Å². The number of carbonyl (C=O) groups excluding carboxylic acids is 4. The van der Waals surface area contributed by atoms with Gasteiger partial charge in [0.25, 0.3) is 0 Å². The molecule has 2 aliphatic carbocycles. The van der Waals surface area contributed by atoms with Crippen LogP contribution >= 0.6 is 25.3 Å². The van der Waals surface area contributed by atoms with Gasteiger partial charge in [-0.3, -0.25) is 24.0 Å². The molecule has 0 aromatic carbocycles. The minimum Gasteiger partial charge on any atom is -0.480 e. The molecule has 0 heterocycles. The van der Waals surface area contributed by atoms with Gasteiger partial charge >= 0.3 is 5.97 Å². The SMILES string of the molecule is O=C1CC(S)C(=O)C1C1(C(=O)O)C(=O)CC(S)C1=O. The number of hydrogen-bond donors (Lipinski definition) is 3. The second-order valence-electron chi connectivity index (χ2n) is 4.64. The van der Waals surface area contributed by atoms with Crippen LogP contribution < -0.4 is 0 Å². The Morgan fingerprint density at radius 2 is 1.68 bits per heavy atom. The summed E-state index contributed by atoms with van der Waals surface area (Å²) in [6.45, 7) is 0. The van der Waals surface area contributed by atoms with Crippen molar-refractivity contribution in [1.29, 1.82) is 0 Å². The van der Waals surface area contributed by atoms with Crippen LogP contribution in [0.3, 0.4) is 0 Å². The quantitative estimate of drug-likeness (QED) is 0.462. The van der Waals surface area contributed by atoms with E-state index < -0.39 is 50.9 Å². The molecule has 2 saturated carbocycles. The highest BCUT2D eigenvalue weighted by Crippen LogP contribution is 2.45. The normalized spacial score (nSPS) is 39.2. The fourth-order valence-electron chi connectivity index (χ4n) is 2.70. The first kappa shape index (κ1) is 14.3. The van der Waals surface area contributed by atoms with Gasteiger partial charge in [0, 0.05) is 12.8 Å². The number of rotatable bonds is 2. The maximum Gasteiger partial charge on any atom is 0.326 e. The van der Waals surface area contributed by atoms with Crippen molar-refractivity contribution in [3.05, 3.63) is 0 Å². The third-order valence-electron chi connectivity index (χ3n) is 3.61. The summed E-state index contributed by atoms with van der Waals surface area (Å²) in [5.41, 5.74) is -2.60. The van der Waals surface area contributed by atoms with Gasteiger partial charge in [-0.25, -0.2) is 0 Å². The van der Waals surface area contributed by atoms with Gasteiger partial charge in [0.05, 0.1) is 10.5 Å². The molecule has 0 aromatic heterocycles. The molecule has 0 amide bonds. The van der Waals surface area contributed by atoms with E-state index in [1.165, 1.54) is 0 Å². The van der Waals surface area contributed by atoms with Gasteiger partial charge < -0.3 is 5.11 Å². The summed E-state index contributed by atoms with van der Waals surface area (Å²) in [5.74, 6) is -6.93. The van der Waals surface area contributed by atoms with Crippen molar-refractivity contribution >= 4 is 54.4 Å². The van der Waals surface area contributed by atoms with Crippen LogP contribution in [0.1, 0.15) is 12.8 Å². The molecular weight excluding hydrogens is 292 g/mol. The predicted octanol–water partition coefficient (Wildman–Crippen LogP) is -0.646. The molecule has 8 heteroatoms. The Bertz CT molecular complexity index is 527. The third-order valence-corrected chi connectivity index (χ3v) is 4.46. The monoisotopic (exact) mass is 302 g/mol. The lowest BCUT2D eigenvalue weighted by atomic mass is 9.70. The zero-order valence-corrected chi connectivity index (χ0v) is 11.3. The highest BCUT2D eigenvalue weighted by Gasteiger charge is 2.69. The molecule has 0 spiro atoms. The van der Waals surface area contributed by atoms with E-state index in [9.17, 15) is 29.1 Å². The average Bonchev–Trinajstić information content (AvgIpc) is 2.67. The zero-order valence-electron chi connectivity index (χ0n) is 9.53. The molecule has 0 aliphatic heterocycles. The van der Waals surface area contributed by atoms with E-state index in [1.54, 1.807) is 0 Å². The van der Waals surface area contributed by atoms with E-state index in [0.29, 0.717) is 0 Å². The Labute approximate surface area is 118 Å². The van der Waals surface area contributed by atoms with Crippen molar-refractivity contribution in [2.45, 2.75) is 23.3 Å². The Hall–Kier alpha value is -1.15. The van der Waals surface area contributed by atoms with E-state index in [1.807, 2.05) is 0 Å². The Balaban J connectivity index is 2.62. The number of carboxylic acid groups (broad SMARTS) is 1. The second-order valence-corrected chi connectivity index (χ2v) is 5.89. The van der Waals surface area contributed by atoms with E-state index in [0.717, 1.165) is 0 Å². The first-order chi connectivity index (χ1) is 8.74. The van der Waals surface area contributed by atoms with Crippen molar-refractivity contribution in [2.24, 2.45) is 11.3 Å². The van der Waals surface area contributed by atoms with Crippen molar-refractivity contribution in [3.63, 3.8) is 0 Å². The van der Waals surface area contributed by atoms with Crippen LogP contribution in [0, 0.1) is 11.3 Å². The molecule has 2 rings (SSSR count). The molecule has 0 bridgehead atoms. The zero-order chi connectivity index (χ0) is 14.5. The smallest absolute Gasteiger partial charge is 0.326 e. The fraction of sp³-hybridized carbons (Fsp3) is 0.545. The molecular formula is C11H10O6S2. The molecule has 0 radical (unpaired) electrons. The molecule has 0 aromatic rings. The first-order valence-electron chi connectivity index (χ1n) is 5.48. The molecule has 0 saturated heterocycles. The minimum absolute atomic E-state index is 0.264. The van der Waals surface area contributed by atoms with Gasteiger partial charge in [0.2, 0.25) is 5.41 Å². The van der Waals surface area contributed by atoms with Gasteiger partial charge in [0.1, 0.15) is 11.7 Å². The van der Waals surface area contributed by atoms with Gasteiger partial charge in [-0.05, 0) is 0 Å². The summed E-state index contributed by atoms with van der Waals surface area (Å²) in [7, 11) is 0. The van der Waals surface area contributed by atoms with Crippen LogP contribution in [0.2, 0.25) is 0 Å². The van der Waals surface area contributed by atoms with Crippen LogP contribution in [0.4, 0.5) is 0 Å². The van der Waals surface area contributed by atoms with Crippen molar-refractivity contribution in [3.8, 4) is 0 Å². The van der Waals surface area contributed by atoms with Crippen LogP contribution in [-0.4, -0.2) is 44.7 Å². The largest absolute Gasteiger partial charge is 0.480 e. The van der Waals surface area contributed by atoms with Crippen LogP contribution in [0.5, 0.6) is 0 Å². The average molecular weight is 302 g/mol. The second kappa shape index (κ2) is 4.45. The molecule has 4 unspecified atom stereocenters. The van der Waals surface area contributed by atoms with Gasteiger partial charge in [-0.1, -0.05) is 0 Å². The maximum atomic E-state index is 12.1. The highest BCUT2D eigenvalue weighted by atomic mass is 32.1. The van der Waals surface area contributed by atoms with E-state index in [2.05, 4.69) is 25.3 Å². The fourth-order valence-corrected chi connectivity index (χ4v) is 3.39. The predicted molar refractivity (Wildman–Crippen MR) is 68.4 cm³/mol. The summed E-state index contributed by atoms with van der Waals surface area (Å²) in [6.07, 6.45) is -0.651. The number of Topliss-reactive ketones (excluding diaryl/α,β-unsaturated/α-hetero) is 4. The number of aliphatic carboxylic acids is 1. The summed E-state index contributed by atoms with van der Waals surface area (Å²) in [5, 5.41) is 7.24.